The van der Waals surface area contributed by atoms with Crippen molar-refractivity contribution in [2.45, 2.75) is 25.8 Å². The van der Waals surface area contributed by atoms with Gasteiger partial charge in [0.25, 0.3) is 5.91 Å². The summed E-state index contributed by atoms with van der Waals surface area (Å²) in [5.74, 6) is 0.127. The first-order valence-corrected chi connectivity index (χ1v) is 7.41. The summed E-state index contributed by atoms with van der Waals surface area (Å²) >= 11 is 0. The number of likely N-dealkylation sites (tertiary alicyclic amines) is 1. The van der Waals surface area contributed by atoms with E-state index in [-0.39, 0.29) is 5.91 Å². The zero-order chi connectivity index (χ0) is 14.5. The molecule has 1 saturated heterocycles. The molecule has 20 heavy (non-hydrogen) atoms. The van der Waals surface area contributed by atoms with Gasteiger partial charge in [-0.15, -0.1) is 0 Å². The fourth-order valence-electron chi connectivity index (χ4n) is 2.69. The maximum absolute atomic E-state index is 12.5. The zero-order valence-electron chi connectivity index (χ0n) is 12.7. The van der Waals surface area contributed by atoms with E-state index in [1.165, 1.54) is 0 Å². The Morgan fingerprint density at radius 1 is 1.30 bits per heavy atom. The molecule has 0 saturated carbocycles. The number of anilines is 1. The molecule has 1 amide bonds. The number of benzene rings is 1. The first-order chi connectivity index (χ1) is 9.61. The molecule has 1 aliphatic heterocycles. The Bertz CT molecular complexity index is 436. The molecular formula is C16H25N3O. The number of carbonyl (C=O) groups excluding carboxylic acids is 1. The lowest BCUT2D eigenvalue weighted by atomic mass is 10.0. The van der Waals surface area contributed by atoms with Crippen molar-refractivity contribution < 1.29 is 4.79 Å². The monoisotopic (exact) mass is 275 g/mol. The van der Waals surface area contributed by atoms with Gasteiger partial charge in [0.15, 0.2) is 0 Å². The third-order valence-corrected chi connectivity index (χ3v) is 4.07. The van der Waals surface area contributed by atoms with Crippen molar-refractivity contribution in [1.29, 1.82) is 0 Å². The van der Waals surface area contributed by atoms with E-state index in [0.29, 0.717) is 6.04 Å². The summed E-state index contributed by atoms with van der Waals surface area (Å²) in [6.45, 7) is 5.10. The van der Waals surface area contributed by atoms with E-state index >= 15 is 0 Å². The van der Waals surface area contributed by atoms with E-state index in [9.17, 15) is 4.79 Å². The summed E-state index contributed by atoms with van der Waals surface area (Å²) in [6.07, 6.45) is 2.13. The molecule has 0 radical (unpaired) electrons. The average molecular weight is 275 g/mol. The molecule has 4 nitrogen and oxygen atoms in total. The van der Waals surface area contributed by atoms with Gasteiger partial charge in [0.2, 0.25) is 0 Å². The molecule has 1 aliphatic rings. The lowest BCUT2D eigenvalue weighted by Crippen LogP contribution is -2.44. The van der Waals surface area contributed by atoms with E-state index in [2.05, 4.69) is 24.2 Å². The van der Waals surface area contributed by atoms with Gasteiger partial charge in [0, 0.05) is 30.9 Å². The summed E-state index contributed by atoms with van der Waals surface area (Å²) in [6, 6.07) is 8.13. The van der Waals surface area contributed by atoms with Crippen molar-refractivity contribution in [2.75, 3.05) is 39.0 Å². The summed E-state index contributed by atoms with van der Waals surface area (Å²) < 4.78 is 0. The lowest BCUT2D eigenvalue weighted by molar-refractivity contribution is 0.0659. The molecule has 0 bridgehead atoms. The Labute approximate surface area is 121 Å². The number of carbonyl (C=O) groups is 1. The molecule has 0 aliphatic carbocycles. The molecule has 1 fully saturated rings. The van der Waals surface area contributed by atoms with Crippen LogP contribution < -0.4 is 5.32 Å². The van der Waals surface area contributed by atoms with Gasteiger partial charge in [-0.3, -0.25) is 4.79 Å². The Morgan fingerprint density at radius 2 is 1.90 bits per heavy atom. The molecule has 0 spiro atoms. The van der Waals surface area contributed by atoms with E-state index in [0.717, 1.165) is 43.7 Å². The van der Waals surface area contributed by atoms with Crippen molar-refractivity contribution in [3.8, 4) is 0 Å². The van der Waals surface area contributed by atoms with Gasteiger partial charge in [-0.05, 0) is 64.2 Å². The maximum Gasteiger partial charge on any atom is 0.253 e. The van der Waals surface area contributed by atoms with Crippen LogP contribution in [0.2, 0.25) is 0 Å². The highest BCUT2D eigenvalue weighted by atomic mass is 16.2. The van der Waals surface area contributed by atoms with Crippen molar-refractivity contribution in [1.82, 2.24) is 9.80 Å². The maximum atomic E-state index is 12.5. The Balaban J connectivity index is 1.99. The van der Waals surface area contributed by atoms with Crippen LogP contribution in [-0.2, 0) is 0 Å². The third kappa shape index (κ3) is 3.51. The number of piperidine rings is 1. The largest absolute Gasteiger partial charge is 0.385 e. The van der Waals surface area contributed by atoms with Crippen LogP contribution in [0.25, 0.3) is 0 Å². The van der Waals surface area contributed by atoms with Crippen molar-refractivity contribution in [3.63, 3.8) is 0 Å². The SMILES string of the molecule is CCNc1ccc(C(=O)N(C)C2CCN(C)CC2)cc1. The van der Waals surface area contributed by atoms with Gasteiger partial charge in [-0.25, -0.2) is 0 Å². The molecule has 1 heterocycles. The van der Waals surface area contributed by atoms with Gasteiger partial charge in [-0.1, -0.05) is 0 Å². The van der Waals surface area contributed by atoms with Crippen molar-refractivity contribution in [2.24, 2.45) is 0 Å². The van der Waals surface area contributed by atoms with E-state index in [4.69, 9.17) is 0 Å². The second-order valence-electron chi connectivity index (χ2n) is 5.56. The fraction of sp³-hybridized carbons (Fsp3) is 0.562. The van der Waals surface area contributed by atoms with Crippen LogP contribution in [0.4, 0.5) is 5.69 Å². The summed E-state index contributed by atoms with van der Waals surface area (Å²) in [7, 11) is 4.06. The lowest BCUT2D eigenvalue weighted by Gasteiger charge is -2.35. The van der Waals surface area contributed by atoms with Crippen molar-refractivity contribution in [3.05, 3.63) is 29.8 Å². The predicted molar refractivity (Wildman–Crippen MR) is 83.2 cm³/mol. The van der Waals surface area contributed by atoms with Gasteiger partial charge < -0.3 is 15.1 Å². The molecule has 1 aromatic carbocycles. The zero-order valence-corrected chi connectivity index (χ0v) is 12.7. The normalized spacial score (nSPS) is 16.9. The van der Waals surface area contributed by atoms with Crippen molar-refractivity contribution >= 4 is 11.6 Å². The number of amides is 1. The molecule has 0 atom stereocenters. The first-order valence-electron chi connectivity index (χ1n) is 7.41. The van der Waals surface area contributed by atoms with Gasteiger partial charge in [-0.2, -0.15) is 0 Å². The van der Waals surface area contributed by atoms with Crippen LogP contribution in [0.3, 0.4) is 0 Å². The molecule has 0 unspecified atom stereocenters. The highest BCUT2D eigenvalue weighted by molar-refractivity contribution is 5.94. The van der Waals surface area contributed by atoms with Gasteiger partial charge >= 0.3 is 0 Å². The fourth-order valence-corrected chi connectivity index (χ4v) is 2.69. The van der Waals surface area contributed by atoms with E-state index in [1.807, 2.05) is 36.2 Å². The Kier molecular flexibility index (Phi) is 5.01. The van der Waals surface area contributed by atoms with Gasteiger partial charge in [0.1, 0.15) is 0 Å². The number of nitrogens with one attached hydrogen (secondary N) is 1. The minimum absolute atomic E-state index is 0.127. The third-order valence-electron chi connectivity index (χ3n) is 4.07. The smallest absolute Gasteiger partial charge is 0.253 e. The quantitative estimate of drug-likeness (QED) is 0.915. The first kappa shape index (κ1) is 14.9. The minimum atomic E-state index is 0.127. The van der Waals surface area contributed by atoms with Crippen LogP contribution in [-0.4, -0.2) is 55.5 Å². The van der Waals surface area contributed by atoms with Crippen LogP contribution in [0.5, 0.6) is 0 Å². The molecule has 1 aromatic rings. The van der Waals surface area contributed by atoms with Crippen LogP contribution >= 0.6 is 0 Å². The highest BCUT2D eigenvalue weighted by Crippen LogP contribution is 2.17. The highest BCUT2D eigenvalue weighted by Gasteiger charge is 2.24. The average Bonchev–Trinajstić information content (AvgIpc) is 2.48. The van der Waals surface area contributed by atoms with Crippen LogP contribution in [0.15, 0.2) is 24.3 Å². The summed E-state index contributed by atoms with van der Waals surface area (Å²) in [4.78, 5) is 16.7. The second kappa shape index (κ2) is 6.75. The summed E-state index contributed by atoms with van der Waals surface area (Å²) in [5, 5.41) is 3.24. The molecule has 1 N–H and O–H groups in total. The Hall–Kier alpha value is -1.55. The van der Waals surface area contributed by atoms with E-state index in [1.54, 1.807) is 0 Å². The van der Waals surface area contributed by atoms with Gasteiger partial charge in [0.05, 0.1) is 0 Å². The number of rotatable bonds is 4. The number of hydrogen-bond donors (Lipinski definition) is 1. The van der Waals surface area contributed by atoms with Crippen LogP contribution in [0, 0.1) is 0 Å². The molecule has 110 valence electrons. The minimum Gasteiger partial charge on any atom is -0.385 e. The predicted octanol–water partition coefficient (Wildman–Crippen LogP) is 2.28. The molecule has 4 heteroatoms. The number of nitrogens with zero attached hydrogens (tertiary/aromatic N) is 2. The summed E-state index contributed by atoms with van der Waals surface area (Å²) in [5.41, 5.74) is 1.83. The standard InChI is InChI=1S/C16H25N3O/c1-4-17-14-7-5-13(6-8-14)16(20)19(3)15-9-11-18(2)12-10-15/h5-8,15,17H,4,9-12H2,1-3H3. The molecular weight excluding hydrogens is 250 g/mol. The Morgan fingerprint density at radius 3 is 2.45 bits per heavy atom. The van der Waals surface area contributed by atoms with Crippen LogP contribution in [0.1, 0.15) is 30.1 Å². The van der Waals surface area contributed by atoms with E-state index < -0.39 is 0 Å². The molecule has 0 aromatic heterocycles. The second-order valence-corrected chi connectivity index (χ2v) is 5.56. The number of hydrogen-bond acceptors (Lipinski definition) is 3. The molecule has 2 rings (SSSR count). The topological polar surface area (TPSA) is 35.6 Å².